The zero-order valence-corrected chi connectivity index (χ0v) is 15.4. The quantitative estimate of drug-likeness (QED) is 0.716. The van der Waals surface area contributed by atoms with E-state index < -0.39 is 0 Å². The van der Waals surface area contributed by atoms with Crippen molar-refractivity contribution in [3.63, 3.8) is 0 Å². The summed E-state index contributed by atoms with van der Waals surface area (Å²) in [7, 11) is 1.79. The van der Waals surface area contributed by atoms with Gasteiger partial charge < -0.3 is 15.0 Å². The van der Waals surface area contributed by atoms with Gasteiger partial charge in [-0.15, -0.1) is 0 Å². The zero-order valence-electron chi connectivity index (χ0n) is 15.4. The first kappa shape index (κ1) is 17.0. The van der Waals surface area contributed by atoms with Crippen LogP contribution in [0.2, 0.25) is 0 Å². The molecule has 1 saturated carbocycles. The number of nitrogens with two attached hydrogens (primary N) is 1. The summed E-state index contributed by atoms with van der Waals surface area (Å²) in [6.45, 7) is 2.38. The molecule has 2 aromatic heterocycles. The molecule has 0 bridgehead atoms. The average Bonchev–Trinajstić information content (AvgIpc) is 2.60. The normalized spacial score (nSPS) is 16.0. The van der Waals surface area contributed by atoms with Crippen molar-refractivity contribution in [3.05, 3.63) is 46.5 Å². The minimum absolute atomic E-state index is 0.0306. The number of ether oxygens (including phenoxy) is 1. The first-order valence-electron chi connectivity index (χ1n) is 9.31. The topological polar surface area (TPSA) is 70.1 Å². The predicted octanol–water partition coefficient (Wildman–Crippen LogP) is 3.29. The van der Waals surface area contributed by atoms with Crippen LogP contribution >= 0.6 is 0 Å². The number of aryl methyl sites for hydroxylation is 2. The molecule has 0 aliphatic heterocycles. The molecule has 0 radical (unpaired) electrons. The molecule has 2 N–H and O–H groups in total. The molecule has 4 rings (SSSR count). The lowest BCUT2D eigenvalue weighted by atomic mass is 9.81. The third-order valence-electron chi connectivity index (χ3n) is 5.60. The van der Waals surface area contributed by atoms with E-state index in [2.05, 4.69) is 4.98 Å². The van der Waals surface area contributed by atoms with Gasteiger partial charge in [0.05, 0.1) is 16.6 Å². The number of pyridine rings is 2. The van der Waals surface area contributed by atoms with Crippen LogP contribution in [0.15, 0.2) is 35.3 Å². The third kappa shape index (κ3) is 2.97. The van der Waals surface area contributed by atoms with Gasteiger partial charge in [-0.3, -0.25) is 9.78 Å². The Morgan fingerprint density at radius 3 is 2.85 bits per heavy atom. The summed E-state index contributed by atoms with van der Waals surface area (Å²) in [6, 6.07) is 7.87. The first-order chi connectivity index (χ1) is 12.5. The lowest BCUT2D eigenvalue weighted by Gasteiger charge is -2.28. The molecule has 1 atom stereocenters. The minimum atomic E-state index is -0.0306. The standard InChI is InChI=1S/C21H25N3O2/c1-13-20-18(8-9-23-13)17-7-6-16(11-19(17)24(2)21(20)25)26-12-15(22)10-14-4-3-5-14/h6-9,11,14-15H,3-5,10,12,22H2,1-2H3. The number of hydrogen-bond acceptors (Lipinski definition) is 4. The second kappa shape index (κ2) is 6.72. The van der Waals surface area contributed by atoms with Crippen LogP contribution in [0.3, 0.4) is 0 Å². The second-order valence-electron chi connectivity index (χ2n) is 7.47. The fraction of sp³-hybridized carbons (Fsp3) is 0.429. The van der Waals surface area contributed by atoms with Crippen LogP contribution in [-0.4, -0.2) is 22.2 Å². The van der Waals surface area contributed by atoms with Crippen LogP contribution in [0.1, 0.15) is 31.4 Å². The van der Waals surface area contributed by atoms with Crippen molar-refractivity contribution in [3.8, 4) is 5.75 Å². The van der Waals surface area contributed by atoms with E-state index in [-0.39, 0.29) is 11.6 Å². The number of benzene rings is 1. The van der Waals surface area contributed by atoms with Crippen molar-refractivity contribution in [2.45, 2.75) is 38.6 Å². The maximum atomic E-state index is 12.8. The summed E-state index contributed by atoms with van der Waals surface area (Å²) >= 11 is 0. The van der Waals surface area contributed by atoms with Gasteiger partial charge >= 0.3 is 0 Å². The van der Waals surface area contributed by atoms with E-state index in [4.69, 9.17) is 10.5 Å². The van der Waals surface area contributed by atoms with E-state index >= 15 is 0 Å². The predicted molar refractivity (Wildman–Crippen MR) is 105 cm³/mol. The minimum Gasteiger partial charge on any atom is -0.492 e. The molecule has 1 aliphatic carbocycles. The number of hydrogen-bond donors (Lipinski definition) is 1. The molecular weight excluding hydrogens is 326 g/mol. The van der Waals surface area contributed by atoms with Crippen molar-refractivity contribution < 1.29 is 4.74 Å². The number of fused-ring (bicyclic) bond motifs is 3. The molecule has 5 heteroatoms. The van der Waals surface area contributed by atoms with Gasteiger partial charge in [0.25, 0.3) is 5.56 Å². The molecule has 136 valence electrons. The van der Waals surface area contributed by atoms with Crippen LogP contribution < -0.4 is 16.0 Å². The summed E-state index contributed by atoms with van der Waals surface area (Å²) in [5.74, 6) is 1.52. The highest BCUT2D eigenvalue weighted by Crippen LogP contribution is 2.30. The van der Waals surface area contributed by atoms with Gasteiger partial charge in [0.1, 0.15) is 12.4 Å². The van der Waals surface area contributed by atoms with Gasteiger partial charge in [-0.25, -0.2) is 0 Å². The molecule has 1 aromatic carbocycles. The summed E-state index contributed by atoms with van der Waals surface area (Å²) in [5.41, 5.74) is 7.79. The third-order valence-corrected chi connectivity index (χ3v) is 5.60. The van der Waals surface area contributed by atoms with Crippen LogP contribution in [0.5, 0.6) is 5.75 Å². The molecule has 1 fully saturated rings. The van der Waals surface area contributed by atoms with E-state index in [1.54, 1.807) is 17.8 Å². The fourth-order valence-corrected chi connectivity index (χ4v) is 3.87. The first-order valence-corrected chi connectivity index (χ1v) is 9.31. The monoisotopic (exact) mass is 351 g/mol. The van der Waals surface area contributed by atoms with Crippen LogP contribution in [0.25, 0.3) is 21.7 Å². The van der Waals surface area contributed by atoms with Crippen molar-refractivity contribution >= 4 is 21.7 Å². The molecule has 1 aliphatic rings. The van der Waals surface area contributed by atoms with E-state index in [0.29, 0.717) is 12.0 Å². The Hall–Kier alpha value is -2.40. The van der Waals surface area contributed by atoms with E-state index in [1.165, 1.54) is 19.3 Å². The van der Waals surface area contributed by atoms with Gasteiger partial charge in [0.15, 0.2) is 0 Å². The molecule has 3 aromatic rings. The van der Waals surface area contributed by atoms with Gasteiger partial charge in [-0.05, 0) is 42.8 Å². The van der Waals surface area contributed by atoms with Crippen LogP contribution in [0.4, 0.5) is 0 Å². The Morgan fingerprint density at radius 2 is 2.12 bits per heavy atom. The van der Waals surface area contributed by atoms with Crippen molar-refractivity contribution in [1.29, 1.82) is 0 Å². The number of aromatic nitrogens is 2. The van der Waals surface area contributed by atoms with Gasteiger partial charge in [-0.2, -0.15) is 0 Å². The lowest BCUT2D eigenvalue weighted by Crippen LogP contribution is -2.32. The molecule has 1 unspecified atom stereocenters. The molecule has 0 spiro atoms. The van der Waals surface area contributed by atoms with E-state index in [9.17, 15) is 4.79 Å². The van der Waals surface area contributed by atoms with Gasteiger partial charge in [0, 0.05) is 30.7 Å². The van der Waals surface area contributed by atoms with Crippen LogP contribution in [-0.2, 0) is 7.05 Å². The molecular formula is C21H25N3O2. The highest BCUT2D eigenvalue weighted by Gasteiger charge is 2.20. The van der Waals surface area contributed by atoms with Crippen LogP contribution in [0, 0.1) is 12.8 Å². The average molecular weight is 351 g/mol. The lowest BCUT2D eigenvalue weighted by molar-refractivity contribution is 0.224. The Balaban J connectivity index is 1.65. The molecule has 26 heavy (non-hydrogen) atoms. The van der Waals surface area contributed by atoms with Crippen molar-refractivity contribution in [2.75, 3.05) is 6.61 Å². The molecule has 2 heterocycles. The molecule has 0 saturated heterocycles. The summed E-state index contributed by atoms with van der Waals surface area (Å²) in [6.07, 6.45) is 6.71. The Morgan fingerprint density at radius 1 is 1.31 bits per heavy atom. The van der Waals surface area contributed by atoms with Gasteiger partial charge in [-0.1, -0.05) is 19.3 Å². The Kier molecular flexibility index (Phi) is 4.41. The largest absolute Gasteiger partial charge is 0.492 e. The number of nitrogens with zero attached hydrogens (tertiary/aromatic N) is 2. The zero-order chi connectivity index (χ0) is 18.3. The summed E-state index contributed by atoms with van der Waals surface area (Å²) < 4.78 is 7.60. The highest BCUT2D eigenvalue weighted by molar-refractivity contribution is 6.06. The Labute approximate surface area is 152 Å². The molecule has 5 nitrogen and oxygen atoms in total. The molecule has 0 amide bonds. The van der Waals surface area contributed by atoms with E-state index in [0.717, 1.165) is 40.1 Å². The highest BCUT2D eigenvalue weighted by atomic mass is 16.5. The maximum absolute atomic E-state index is 12.8. The Bertz CT molecular complexity index is 1020. The van der Waals surface area contributed by atoms with Crippen molar-refractivity contribution in [1.82, 2.24) is 9.55 Å². The maximum Gasteiger partial charge on any atom is 0.260 e. The second-order valence-corrected chi connectivity index (χ2v) is 7.47. The summed E-state index contributed by atoms with van der Waals surface area (Å²) in [5, 5.41) is 2.64. The van der Waals surface area contributed by atoms with Crippen molar-refractivity contribution in [2.24, 2.45) is 18.7 Å². The smallest absolute Gasteiger partial charge is 0.260 e. The van der Waals surface area contributed by atoms with Gasteiger partial charge in [0.2, 0.25) is 0 Å². The number of rotatable bonds is 5. The van der Waals surface area contributed by atoms with E-state index in [1.807, 2.05) is 31.2 Å². The SMILES string of the molecule is Cc1nccc2c1c(=O)n(C)c1cc(OCC(N)CC3CCC3)ccc21. The summed E-state index contributed by atoms with van der Waals surface area (Å²) in [4.78, 5) is 17.0. The fourth-order valence-electron chi connectivity index (χ4n) is 3.87.